The van der Waals surface area contributed by atoms with Crippen LogP contribution in [0.5, 0.6) is 5.75 Å². The second-order valence-corrected chi connectivity index (χ2v) is 6.61. The summed E-state index contributed by atoms with van der Waals surface area (Å²) in [6, 6.07) is 12.3. The van der Waals surface area contributed by atoms with Gasteiger partial charge in [-0.15, -0.1) is 0 Å². The SMILES string of the molecule is O=C(CO[C@@H]1CCOC1)N[C@@H]1CCCOc2c1ccc1ccccc21. The summed E-state index contributed by atoms with van der Waals surface area (Å²) in [5, 5.41) is 5.37. The Bertz CT molecular complexity index is 754. The molecule has 0 radical (unpaired) electrons. The highest BCUT2D eigenvalue weighted by atomic mass is 16.5. The molecular formula is C20H23NO4. The van der Waals surface area contributed by atoms with Gasteiger partial charge in [0, 0.05) is 17.6 Å². The van der Waals surface area contributed by atoms with Crippen molar-refractivity contribution in [2.75, 3.05) is 26.4 Å². The topological polar surface area (TPSA) is 56.8 Å². The number of fused-ring (bicyclic) bond motifs is 3. The van der Waals surface area contributed by atoms with Gasteiger partial charge in [-0.1, -0.05) is 36.4 Å². The number of amides is 1. The average molecular weight is 341 g/mol. The molecule has 2 aliphatic heterocycles. The van der Waals surface area contributed by atoms with Crippen molar-refractivity contribution in [2.24, 2.45) is 0 Å². The zero-order valence-corrected chi connectivity index (χ0v) is 14.2. The van der Waals surface area contributed by atoms with Crippen LogP contribution in [0.2, 0.25) is 0 Å². The molecule has 2 aromatic carbocycles. The molecule has 0 aliphatic carbocycles. The minimum Gasteiger partial charge on any atom is -0.493 e. The van der Waals surface area contributed by atoms with Crippen molar-refractivity contribution in [1.82, 2.24) is 5.32 Å². The quantitative estimate of drug-likeness (QED) is 0.929. The Morgan fingerprint density at radius 3 is 2.96 bits per heavy atom. The first kappa shape index (κ1) is 16.4. The molecule has 0 aromatic heterocycles. The second-order valence-electron chi connectivity index (χ2n) is 6.61. The fraction of sp³-hybridized carbons (Fsp3) is 0.450. The van der Waals surface area contributed by atoms with Gasteiger partial charge >= 0.3 is 0 Å². The van der Waals surface area contributed by atoms with Crippen LogP contribution in [-0.2, 0) is 14.3 Å². The highest BCUT2D eigenvalue weighted by Crippen LogP contribution is 2.37. The lowest BCUT2D eigenvalue weighted by atomic mass is 9.98. The van der Waals surface area contributed by atoms with E-state index in [0.717, 1.165) is 41.3 Å². The smallest absolute Gasteiger partial charge is 0.246 e. The molecule has 2 aromatic rings. The average Bonchev–Trinajstić information content (AvgIpc) is 3.08. The summed E-state index contributed by atoms with van der Waals surface area (Å²) in [4.78, 5) is 12.3. The van der Waals surface area contributed by atoms with Crippen molar-refractivity contribution < 1.29 is 19.0 Å². The molecule has 0 saturated carbocycles. The van der Waals surface area contributed by atoms with Gasteiger partial charge in [-0.3, -0.25) is 4.79 Å². The summed E-state index contributed by atoms with van der Waals surface area (Å²) >= 11 is 0. The molecule has 1 N–H and O–H groups in total. The van der Waals surface area contributed by atoms with Gasteiger partial charge < -0.3 is 19.5 Å². The third kappa shape index (κ3) is 3.62. The van der Waals surface area contributed by atoms with Gasteiger partial charge in [-0.25, -0.2) is 0 Å². The molecule has 2 heterocycles. The first-order valence-electron chi connectivity index (χ1n) is 8.94. The van der Waals surface area contributed by atoms with Crippen molar-refractivity contribution in [3.63, 3.8) is 0 Å². The molecule has 0 bridgehead atoms. The standard InChI is InChI=1S/C20H23NO4/c22-19(13-25-15-9-11-23-12-15)21-18-6-3-10-24-20-16-5-2-1-4-14(16)7-8-17(18)20/h1-2,4-5,7-8,15,18H,3,6,9-13H2,(H,21,22)/t15-,18-/m1/s1. The summed E-state index contributed by atoms with van der Waals surface area (Å²) in [5.41, 5.74) is 1.05. The highest BCUT2D eigenvalue weighted by Gasteiger charge is 2.24. The number of ether oxygens (including phenoxy) is 3. The zero-order chi connectivity index (χ0) is 17.1. The summed E-state index contributed by atoms with van der Waals surface area (Å²) in [7, 11) is 0. The first-order valence-corrected chi connectivity index (χ1v) is 8.94. The highest BCUT2D eigenvalue weighted by molar-refractivity contribution is 5.90. The van der Waals surface area contributed by atoms with Crippen LogP contribution in [0.4, 0.5) is 0 Å². The molecular weight excluding hydrogens is 318 g/mol. The molecule has 0 spiro atoms. The lowest BCUT2D eigenvalue weighted by molar-refractivity contribution is -0.128. The molecule has 2 atom stereocenters. The minimum atomic E-state index is -0.0853. The van der Waals surface area contributed by atoms with E-state index in [9.17, 15) is 4.79 Å². The van der Waals surface area contributed by atoms with Gasteiger partial charge in [-0.05, 0) is 24.6 Å². The van der Waals surface area contributed by atoms with Gasteiger partial charge in [0.15, 0.2) is 0 Å². The molecule has 132 valence electrons. The van der Waals surface area contributed by atoms with Crippen LogP contribution in [0.3, 0.4) is 0 Å². The van der Waals surface area contributed by atoms with Gasteiger partial charge in [0.1, 0.15) is 12.4 Å². The molecule has 1 amide bonds. The molecule has 25 heavy (non-hydrogen) atoms. The monoisotopic (exact) mass is 341 g/mol. The second kappa shape index (κ2) is 7.42. The third-order valence-corrected chi connectivity index (χ3v) is 4.84. The number of carbonyl (C=O) groups is 1. The van der Waals surface area contributed by atoms with E-state index in [2.05, 4.69) is 29.6 Å². The van der Waals surface area contributed by atoms with Gasteiger partial charge in [0.25, 0.3) is 0 Å². The minimum absolute atomic E-state index is 0.0412. The molecule has 5 nitrogen and oxygen atoms in total. The van der Waals surface area contributed by atoms with Crippen LogP contribution in [0.25, 0.3) is 10.8 Å². The van der Waals surface area contributed by atoms with Crippen molar-refractivity contribution in [1.29, 1.82) is 0 Å². The number of benzene rings is 2. The van der Waals surface area contributed by atoms with E-state index in [-0.39, 0.29) is 24.7 Å². The van der Waals surface area contributed by atoms with Crippen LogP contribution in [0.1, 0.15) is 30.9 Å². The summed E-state index contributed by atoms with van der Waals surface area (Å²) in [5.74, 6) is 0.809. The Morgan fingerprint density at radius 2 is 2.08 bits per heavy atom. The predicted molar refractivity (Wildman–Crippen MR) is 94.7 cm³/mol. The maximum Gasteiger partial charge on any atom is 0.246 e. The van der Waals surface area contributed by atoms with Crippen molar-refractivity contribution >= 4 is 16.7 Å². The van der Waals surface area contributed by atoms with E-state index in [4.69, 9.17) is 14.2 Å². The summed E-state index contributed by atoms with van der Waals surface area (Å²) in [6.45, 7) is 2.05. The third-order valence-electron chi connectivity index (χ3n) is 4.84. The molecule has 1 fully saturated rings. The van der Waals surface area contributed by atoms with E-state index in [1.165, 1.54) is 0 Å². The predicted octanol–water partition coefficient (Wildman–Crippen LogP) is 2.98. The number of hydrogen-bond donors (Lipinski definition) is 1. The molecule has 4 rings (SSSR count). The van der Waals surface area contributed by atoms with Gasteiger partial charge in [0.2, 0.25) is 5.91 Å². The van der Waals surface area contributed by atoms with Crippen LogP contribution >= 0.6 is 0 Å². The number of hydrogen-bond acceptors (Lipinski definition) is 4. The molecule has 0 unspecified atom stereocenters. The Kier molecular flexibility index (Phi) is 4.85. The number of rotatable bonds is 4. The largest absolute Gasteiger partial charge is 0.493 e. The maximum absolute atomic E-state index is 12.3. The van der Waals surface area contributed by atoms with Gasteiger partial charge in [0.05, 0.1) is 25.4 Å². The van der Waals surface area contributed by atoms with E-state index in [1.807, 2.05) is 12.1 Å². The first-order chi connectivity index (χ1) is 12.3. The number of carbonyl (C=O) groups excluding carboxylic acids is 1. The van der Waals surface area contributed by atoms with Gasteiger partial charge in [-0.2, -0.15) is 0 Å². The van der Waals surface area contributed by atoms with E-state index >= 15 is 0 Å². The Balaban J connectivity index is 1.50. The van der Waals surface area contributed by atoms with Crippen LogP contribution < -0.4 is 10.1 Å². The molecule has 1 saturated heterocycles. The zero-order valence-electron chi connectivity index (χ0n) is 14.2. The van der Waals surface area contributed by atoms with Crippen molar-refractivity contribution in [2.45, 2.75) is 31.4 Å². The Labute approximate surface area is 147 Å². The number of nitrogens with one attached hydrogen (secondary N) is 1. The lowest BCUT2D eigenvalue weighted by Crippen LogP contribution is -2.33. The Morgan fingerprint density at radius 1 is 1.16 bits per heavy atom. The van der Waals surface area contributed by atoms with E-state index in [0.29, 0.717) is 19.8 Å². The Hall–Kier alpha value is -2.11. The fourth-order valence-corrected chi connectivity index (χ4v) is 3.54. The summed E-state index contributed by atoms with van der Waals surface area (Å²) in [6.07, 6.45) is 2.67. The van der Waals surface area contributed by atoms with Crippen LogP contribution in [-0.4, -0.2) is 38.4 Å². The van der Waals surface area contributed by atoms with Crippen LogP contribution in [0.15, 0.2) is 36.4 Å². The molecule has 5 heteroatoms. The van der Waals surface area contributed by atoms with E-state index in [1.54, 1.807) is 0 Å². The van der Waals surface area contributed by atoms with Crippen LogP contribution in [0, 0.1) is 0 Å². The fourth-order valence-electron chi connectivity index (χ4n) is 3.54. The van der Waals surface area contributed by atoms with E-state index < -0.39 is 0 Å². The lowest BCUT2D eigenvalue weighted by Gasteiger charge is -2.20. The van der Waals surface area contributed by atoms with Crippen molar-refractivity contribution in [3.05, 3.63) is 42.0 Å². The maximum atomic E-state index is 12.3. The summed E-state index contributed by atoms with van der Waals surface area (Å²) < 4.78 is 16.9. The van der Waals surface area contributed by atoms with Crippen molar-refractivity contribution in [3.8, 4) is 5.75 Å². The normalized spacial score (nSPS) is 22.9. The molecule has 2 aliphatic rings.